The number of rotatable bonds is 8. The fourth-order valence-electron chi connectivity index (χ4n) is 4.14. The van der Waals surface area contributed by atoms with Crippen LogP contribution in [-0.4, -0.2) is 48.1 Å². The summed E-state index contributed by atoms with van der Waals surface area (Å²) < 4.78 is 0. The minimum Gasteiger partial charge on any atom is -0.339 e. The standard InChI is InChI=1S/C28H35N5O4/c29-18-25(28(36)33-37)32-27(35)22-14-10-20(11-15-22)8-9-21-12-16-24(17-13-21)31-26(34)19-30-23-6-4-2-1-3-5-7-23/h10-17,23,25,30,37H,1-7,18-19,29H2,(H,31,34)(H,32,35)(H,33,36)/t25-/m0/s1. The Morgan fingerprint density at radius 1 is 0.892 bits per heavy atom. The highest BCUT2D eigenvalue weighted by Crippen LogP contribution is 2.17. The first-order valence-electron chi connectivity index (χ1n) is 12.7. The molecule has 0 radical (unpaired) electrons. The molecule has 0 bridgehead atoms. The summed E-state index contributed by atoms with van der Waals surface area (Å²) in [5.41, 5.74) is 9.47. The minimum atomic E-state index is -1.04. The molecule has 0 heterocycles. The summed E-state index contributed by atoms with van der Waals surface area (Å²) >= 11 is 0. The van der Waals surface area contributed by atoms with E-state index in [0.717, 1.165) is 24.1 Å². The second kappa shape index (κ2) is 14.8. The lowest BCUT2D eigenvalue weighted by Crippen LogP contribution is -2.50. The average molecular weight is 506 g/mol. The number of carbonyl (C=O) groups is 3. The van der Waals surface area contributed by atoms with Crippen LogP contribution in [0.2, 0.25) is 0 Å². The maximum Gasteiger partial charge on any atom is 0.267 e. The van der Waals surface area contributed by atoms with Gasteiger partial charge in [-0.2, -0.15) is 0 Å². The van der Waals surface area contributed by atoms with Gasteiger partial charge >= 0.3 is 0 Å². The molecule has 0 unspecified atom stereocenters. The maximum atomic E-state index is 12.3. The number of anilines is 1. The Labute approximate surface area is 217 Å². The lowest BCUT2D eigenvalue weighted by Gasteiger charge is -2.20. The van der Waals surface area contributed by atoms with Crippen LogP contribution in [0.4, 0.5) is 5.69 Å². The topological polar surface area (TPSA) is 146 Å². The molecule has 7 N–H and O–H groups in total. The van der Waals surface area contributed by atoms with Gasteiger partial charge in [0.25, 0.3) is 11.8 Å². The molecule has 1 aliphatic carbocycles. The van der Waals surface area contributed by atoms with E-state index >= 15 is 0 Å². The SMILES string of the molecule is NC[C@H](NC(=O)c1ccc(C#Cc2ccc(NC(=O)CNC3CCCCCCC3)cc2)cc1)C(=O)NO. The van der Waals surface area contributed by atoms with E-state index in [0.29, 0.717) is 23.7 Å². The van der Waals surface area contributed by atoms with E-state index in [4.69, 9.17) is 10.9 Å². The number of nitrogens with one attached hydrogen (secondary N) is 4. The van der Waals surface area contributed by atoms with Crippen molar-refractivity contribution in [3.63, 3.8) is 0 Å². The predicted octanol–water partition coefficient (Wildman–Crippen LogP) is 2.29. The Kier molecular flexibility index (Phi) is 11.1. The molecule has 3 rings (SSSR count). The fourth-order valence-corrected chi connectivity index (χ4v) is 4.14. The van der Waals surface area contributed by atoms with Gasteiger partial charge in [0.15, 0.2) is 0 Å². The zero-order valence-corrected chi connectivity index (χ0v) is 20.9. The summed E-state index contributed by atoms with van der Waals surface area (Å²) in [7, 11) is 0. The van der Waals surface area contributed by atoms with Crippen LogP contribution in [0.3, 0.4) is 0 Å². The molecule has 2 aromatic carbocycles. The molecule has 9 nitrogen and oxygen atoms in total. The van der Waals surface area contributed by atoms with Gasteiger partial charge in [-0.15, -0.1) is 0 Å². The van der Waals surface area contributed by atoms with E-state index in [1.54, 1.807) is 24.3 Å². The largest absolute Gasteiger partial charge is 0.339 e. The molecule has 3 amide bonds. The Bertz CT molecular complexity index is 1100. The van der Waals surface area contributed by atoms with Gasteiger partial charge in [0.05, 0.1) is 6.54 Å². The van der Waals surface area contributed by atoms with Crippen molar-refractivity contribution in [3.05, 3.63) is 65.2 Å². The van der Waals surface area contributed by atoms with Crippen molar-refractivity contribution >= 4 is 23.4 Å². The van der Waals surface area contributed by atoms with E-state index in [1.165, 1.54) is 37.6 Å². The van der Waals surface area contributed by atoms with Crippen LogP contribution < -0.4 is 27.2 Å². The van der Waals surface area contributed by atoms with E-state index in [1.807, 2.05) is 24.3 Å². The third-order valence-corrected chi connectivity index (χ3v) is 6.29. The first kappa shape index (κ1) is 27.9. The third kappa shape index (κ3) is 9.35. The van der Waals surface area contributed by atoms with Crippen LogP contribution in [0.1, 0.15) is 66.4 Å². The van der Waals surface area contributed by atoms with Gasteiger partial charge in [0.2, 0.25) is 5.91 Å². The van der Waals surface area contributed by atoms with Crippen molar-refractivity contribution in [2.24, 2.45) is 5.73 Å². The Hall–Kier alpha value is -3.71. The summed E-state index contributed by atoms with van der Waals surface area (Å²) in [6.07, 6.45) is 8.60. The second-order valence-corrected chi connectivity index (χ2v) is 9.11. The highest BCUT2D eigenvalue weighted by molar-refractivity contribution is 5.97. The molecule has 196 valence electrons. The number of amides is 3. The molecule has 37 heavy (non-hydrogen) atoms. The van der Waals surface area contributed by atoms with Gasteiger partial charge in [-0.05, 0) is 61.4 Å². The number of benzene rings is 2. The van der Waals surface area contributed by atoms with E-state index in [2.05, 4.69) is 27.8 Å². The zero-order chi connectivity index (χ0) is 26.5. The van der Waals surface area contributed by atoms with Crippen molar-refractivity contribution in [1.29, 1.82) is 0 Å². The zero-order valence-electron chi connectivity index (χ0n) is 20.9. The Morgan fingerprint density at radius 2 is 1.46 bits per heavy atom. The van der Waals surface area contributed by atoms with Gasteiger partial charge in [-0.3, -0.25) is 19.6 Å². The smallest absolute Gasteiger partial charge is 0.267 e. The highest BCUT2D eigenvalue weighted by atomic mass is 16.5. The summed E-state index contributed by atoms with van der Waals surface area (Å²) in [5.74, 6) is 4.77. The molecule has 1 atom stereocenters. The molecule has 0 aromatic heterocycles. The predicted molar refractivity (Wildman–Crippen MR) is 142 cm³/mol. The normalized spacial score (nSPS) is 14.8. The molecular weight excluding hydrogens is 470 g/mol. The number of hydrogen-bond donors (Lipinski definition) is 6. The van der Waals surface area contributed by atoms with Crippen molar-refractivity contribution in [2.75, 3.05) is 18.4 Å². The summed E-state index contributed by atoms with van der Waals surface area (Å²) in [4.78, 5) is 36.1. The summed E-state index contributed by atoms with van der Waals surface area (Å²) in [6.45, 7) is 0.156. The van der Waals surface area contributed by atoms with Crippen molar-refractivity contribution in [1.82, 2.24) is 16.1 Å². The van der Waals surface area contributed by atoms with Crippen LogP contribution in [0.25, 0.3) is 0 Å². The minimum absolute atomic E-state index is 0.0557. The Balaban J connectivity index is 1.48. The molecule has 1 aliphatic rings. The lowest BCUT2D eigenvalue weighted by atomic mass is 9.97. The average Bonchev–Trinajstić information content (AvgIpc) is 2.90. The summed E-state index contributed by atoms with van der Waals surface area (Å²) in [5, 5.41) is 17.5. The number of hydrogen-bond acceptors (Lipinski definition) is 6. The van der Waals surface area contributed by atoms with Crippen molar-refractivity contribution in [3.8, 4) is 11.8 Å². The van der Waals surface area contributed by atoms with Gasteiger partial charge < -0.3 is 21.7 Å². The molecule has 0 aliphatic heterocycles. The molecule has 9 heteroatoms. The van der Waals surface area contributed by atoms with E-state index in [9.17, 15) is 14.4 Å². The quantitative estimate of drug-likeness (QED) is 0.184. The van der Waals surface area contributed by atoms with Gasteiger partial charge in [-0.1, -0.05) is 43.9 Å². The van der Waals surface area contributed by atoms with E-state index in [-0.39, 0.29) is 12.5 Å². The number of carbonyl (C=O) groups excluding carboxylic acids is 3. The van der Waals surface area contributed by atoms with Crippen LogP contribution in [0, 0.1) is 11.8 Å². The van der Waals surface area contributed by atoms with Crippen LogP contribution in [0.15, 0.2) is 48.5 Å². The molecule has 1 fully saturated rings. The van der Waals surface area contributed by atoms with Gasteiger partial charge in [0.1, 0.15) is 6.04 Å². The molecule has 2 aromatic rings. The molecule has 0 spiro atoms. The van der Waals surface area contributed by atoms with E-state index < -0.39 is 17.9 Å². The van der Waals surface area contributed by atoms with Crippen LogP contribution >= 0.6 is 0 Å². The first-order chi connectivity index (χ1) is 18.0. The van der Waals surface area contributed by atoms with Crippen LogP contribution in [-0.2, 0) is 9.59 Å². The maximum absolute atomic E-state index is 12.3. The first-order valence-corrected chi connectivity index (χ1v) is 12.7. The molecule has 1 saturated carbocycles. The number of nitrogens with two attached hydrogens (primary N) is 1. The molecule has 0 saturated heterocycles. The third-order valence-electron chi connectivity index (χ3n) is 6.29. The van der Waals surface area contributed by atoms with Crippen LogP contribution in [0.5, 0.6) is 0 Å². The van der Waals surface area contributed by atoms with Crippen molar-refractivity contribution in [2.45, 2.75) is 57.0 Å². The second-order valence-electron chi connectivity index (χ2n) is 9.11. The van der Waals surface area contributed by atoms with Gasteiger partial charge in [0, 0.05) is 35.0 Å². The van der Waals surface area contributed by atoms with Crippen molar-refractivity contribution < 1.29 is 19.6 Å². The summed E-state index contributed by atoms with van der Waals surface area (Å²) in [6, 6.07) is 13.3. The highest BCUT2D eigenvalue weighted by Gasteiger charge is 2.19. The van der Waals surface area contributed by atoms with Gasteiger partial charge in [-0.25, -0.2) is 5.48 Å². The Morgan fingerprint density at radius 3 is 2.03 bits per heavy atom. The fraction of sp³-hybridized carbons (Fsp3) is 0.393. The monoisotopic (exact) mass is 505 g/mol. The molecular formula is C28H35N5O4. The number of hydroxylamine groups is 1. The lowest BCUT2D eigenvalue weighted by molar-refractivity contribution is -0.130.